The van der Waals surface area contributed by atoms with E-state index in [4.69, 9.17) is 17.3 Å². The number of para-hydroxylation sites is 2. The number of imidazole rings is 1. The normalized spacial score (nSPS) is 17.0. The van der Waals surface area contributed by atoms with Gasteiger partial charge in [-0.3, -0.25) is 4.57 Å². The largest absolute Gasteiger partial charge is 0.291 e. The summed E-state index contributed by atoms with van der Waals surface area (Å²) in [5.74, 6) is 0.282. The Morgan fingerprint density at radius 3 is 1.90 bits per heavy atom. The summed E-state index contributed by atoms with van der Waals surface area (Å²) in [4.78, 5) is 4.87. The van der Waals surface area contributed by atoms with Gasteiger partial charge in [0.1, 0.15) is 5.82 Å². The van der Waals surface area contributed by atoms with Crippen LogP contribution in [0.3, 0.4) is 0 Å². The lowest BCUT2D eigenvalue weighted by Gasteiger charge is -2.20. The van der Waals surface area contributed by atoms with Crippen LogP contribution in [0.5, 0.6) is 0 Å². The summed E-state index contributed by atoms with van der Waals surface area (Å²) in [6.07, 6.45) is 0. The fraction of sp³-hybridized carbons (Fsp3) is 0. The fourth-order valence-electron chi connectivity index (χ4n) is 5.02. The van der Waals surface area contributed by atoms with Crippen molar-refractivity contribution in [1.29, 1.82) is 0 Å². The molecule has 0 saturated carbocycles. The number of aromatic nitrogens is 2. The van der Waals surface area contributed by atoms with Crippen molar-refractivity contribution in [2.75, 3.05) is 0 Å². The van der Waals surface area contributed by atoms with Gasteiger partial charge in [-0.05, 0) is 50.8 Å². The zero-order valence-electron chi connectivity index (χ0n) is 35.1. The molecule has 0 aliphatic carbocycles. The van der Waals surface area contributed by atoms with Crippen molar-refractivity contribution in [1.82, 2.24) is 9.55 Å². The van der Waals surface area contributed by atoms with Gasteiger partial charge >= 0.3 is 0 Å². The summed E-state index contributed by atoms with van der Waals surface area (Å²) in [6.45, 7) is 0. The van der Waals surface area contributed by atoms with E-state index in [0.29, 0.717) is 16.6 Å². The van der Waals surface area contributed by atoms with Gasteiger partial charge < -0.3 is 0 Å². The van der Waals surface area contributed by atoms with Gasteiger partial charge in [0.25, 0.3) is 0 Å². The molecule has 2 nitrogen and oxygen atoms in total. The Kier molecular flexibility index (Phi) is 2.60. The van der Waals surface area contributed by atoms with Crippen molar-refractivity contribution in [3.8, 4) is 28.2 Å². The third kappa shape index (κ3) is 3.39. The van der Waals surface area contributed by atoms with Crippen LogP contribution >= 0.6 is 0 Å². The monoisotopic (exact) mass is 511 g/mol. The number of hydrogen-bond donors (Lipinski definition) is 0. The molecule has 0 bridgehead atoms. The van der Waals surface area contributed by atoms with Crippen molar-refractivity contribution < 1.29 is 20.6 Å². The second-order valence-corrected chi connectivity index (χ2v) is 8.85. The molecular formula is C37H24N2. The summed E-state index contributed by atoms with van der Waals surface area (Å²) >= 11 is 0. The van der Waals surface area contributed by atoms with Gasteiger partial charge in [0.2, 0.25) is 0 Å². The van der Waals surface area contributed by atoms with Crippen LogP contribution < -0.4 is 0 Å². The molecule has 0 spiro atoms. The van der Waals surface area contributed by atoms with E-state index in [2.05, 4.69) is 0 Å². The Hall–Kier alpha value is -5.21. The maximum absolute atomic E-state index is 9.41. The summed E-state index contributed by atoms with van der Waals surface area (Å²) < 4.78 is 135. The van der Waals surface area contributed by atoms with E-state index in [1.165, 1.54) is 0 Å². The third-order valence-electron chi connectivity index (χ3n) is 6.66. The van der Waals surface area contributed by atoms with Crippen LogP contribution in [-0.4, -0.2) is 9.55 Å². The van der Waals surface area contributed by atoms with E-state index in [1.807, 2.05) is 0 Å². The van der Waals surface area contributed by atoms with E-state index in [-0.39, 0.29) is 38.6 Å². The standard InChI is InChI=1S/C37H24N2/c1-2-13-26(14-3-1)37-38-33-20-10-11-21-34(33)39(37)36-31-18-8-6-16-29(31)35(30-17-7-9-19-32(30)36)28-23-22-25-12-4-5-15-27(25)24-28/h1-24H/i4D,5D,6D,7D,8D,9D,12D,15D,16D,17D,18D,19D,22D,23D,24D. The predicted molar refractivity (Wildman–Crippen MR) is 164 cm³/mol. The van der Waals surface area contributed by atoms with Gasteiger partial charge in [0.05, 0.1) is 37.3 Å². The average molecular weight is 512 g/mol. The quantitative estimate of drug-likeness (QED) is 0.216. The number of benzene rings is 7. The Balaban J connectivity index is 1.76. The summed E-state index contributed by atoms with van der Waals surface area (Å²) in [5.41, 5.74) is 0.517. The SMILES string of the molecule is [2H]c1c([2H])c([2H])c2c([2H])c(-c3c4c([2H])c([2H])c([2H])c([2H])c4c(-n4c(-c5ccccc5)nc5ccccc54)c4c([2H])c([2H])c([2H])c([2H])c34)c([2H])c([2H])c2c1[2H]. The topological polar surface area (TPSA) is 17.8 Å². The molecule has 8 rings (SSSR count). The first-order chi connectivity index (χ1) is 25.6. The second-order valence-electron chi connectivity index (χ2n) is 8.85. The van der Waals surface area contributed by atoms with E-state index in [1.54, 1.807) is 59.2 Å². The minimum atomic E-state index is -0.745. The second kappa shape index (κ2) is 8.68. The van der Waals surface area contributed by atoms with Crippen LogP contribution in [0, 0.1) is 0 Å². The Labute approximate surface area is 247 Å². The summed E-state index contributed by atoms with van der Waals surface area (Å²) in [6, 6.07) is 5.64. The molecule has 0 aliphatic heterocycles. The minimum absolute atomic E-state index is 0.0674. The molecule has 8 aromatic rings. The predicted octanol–water partition coefficient (Wildman–Crippen LogP) is 9.82. The lowest BCUT2D eigenvalue weighted by atomic mass is 9.89. The Morgan fingerprint density at radius 1 is 0.538 bits per heavy atom. The van der Waals surface area contributed by atoms with Crippen molar-refractivity contribution in [3.63, 3.8) is 0 Å². The van der Waals surface area contributed by atoms with E-state index < -0.39 is 107 Å². The molecule has 0 unspecified atom stereocenters. The molecule has 0 amide bonds. The number of fused-ring (bicyclic) bond motifs is 4. The molecule has 0 fully saturated rings. The molecule has 182 valence electrons. The van der Waals surface area contributed by atoms with E-state index in [0.717, 1.165) is 0 Å². The first kappa shape index (κ1) is 11.7. The van der Waals surface area contributed by atoms with Gasteiger partial charge in [0.15, 0.2) is 0 Å². The zero-order chi connectivity index (χ0) is 38.8. The van der Waals surface area contributed by atoms with Crippen LogP contribution in [-0.2, 0) is 0 Å². The van der Waals surface area contributed by atoms with Crippen molar-refractivity contribution >= 4 is 43.4 Å². The third-order valence-corrected chi connectivity index (χ3v) is 6.66. The summed E-state index contributed by atoms with van der Waals surface area (Å²) in [7, 11) is 0. The molecule has 0 saturated heterocycles. The Bertz CT molecular complexity index is 2910. The van der Waals surface area contributed by atoms with Gasteiger partial charge in [-0.25, -0.2) is 4.98 Å². The number of hydrogen-bond acceptors (Lipinski definition) is 1. The lowest BCUT2D eigenvalue weighted by molar-refractivity contribution is 1.13. The number of rotatable bonds is 3. The van der Waals surface area contributed by atoms with Crippen LogP contribution in [0.2, 0.25) is 0 Å². The fourth-order valence-corrected chi connectivity index (χ4v) is 5.02. The van der Waals surface area contributed by atoms with Gasteiger partial charge in [-0.2, -0.15) is 0 Å². The maximum atomic E-state index is 9.41. The first-order valence-electron chi connectivity index (χ1n) is 19.6. The molecule has 1 heterocycles. The van der Waals surface area contributed by atoms with Crippen LogP contribution in [0.25, 0.3) is 71.6 Å². The summed E-state index contributed by atoms with van der Waals surface area (Å²) in [5, 5.41) is -1.95. The molecule has 0 aliphatic rings. The molecule has 0 atom stereocenters. The zero-order valence-corrected chi connectivity index (χ0v) is 20.1. The first-order valence-corrected chi connectivity index (χ1v) is 12.1. The van der Waals surface area contributed by atoms with Gasteiger partial charge in [-0.15, -0.1) is 0 Å². The molecular weight excluding hydrogens is 472 g/mol. The van der Waals surface area contributed by atoms with Crippen LogP contribution in [0.4, 0.5) is 0 Å². The smallest absolute Gasteiger partial charge is 0.145 e. The molecule has 39 heavy (non-hydrogen) atoms. The van der Waals surface area contributed by atoms with Crippen molar-refractivity contribution in [3.05, 3.63) is 145 Å². The van der Waals surface area contributed by atoms with Gasteiger partial charge in [-0.1, -0.05) is 127 Å². The maximum Gasteiger partial charge on any atom is 0.145 e. The van der Waals surface area contributed by atoms with E-state index in [9.17, 15) is 8.22 Å². The molecule has 0 N–H and O–H groups in total. The molecule has 7 aromatic carbocycles. The average Bonchev–Trinajstić information content (AvgIpc) is 3.56. The molecule has 2 heteroatoms. The highest BCUT2D eigenvalue weighted by Gasteiger charge is 2.21. The van der Waals surface area contributed by atoms with Gasteiger partial charge in [0, 0.05) is 16.3 Å². The van der Waals surface area contributed by atoms with Crippen LogP contribution in [0.15, 0.2) is 145 Å². The highest BCUT2D eigenvalue weighted by molar-refractivity contribution is 6.19. The highest BCUT2D eigenvalue weighted by Crippen LogP contribution is 2.43. The van der Waals surface area contributed by atoms with E-state index >= 15 is 0 Å². The lowest BCUT2D eigenvalue weighted by Crippen LogP contribution is -2.01. The van der Waals surface area contributed by atoms with Crippen LogP contribution in [0.1, 0.15) is 20.6 Å². The van der Waals surface area contributed by atoms with Crippen molar-refractivity contribution in [2.24, 2.45) is 0 Å². The minimum Gasteiger partial charge on any atom is -0.291 e. The molecule has 1 aromatic heterocycles. The van der Waals surface area contributed by atoms with Crippen molar-refractivity contribution in [2.45, 2.75) is 0 Å². The molecule has 0 radical (unpaired) electrons. The highest BCUT2D eigenvalue weighted by atomic mass is 15.1. The number of nitrogens with zero attached hydrogens (tertiary/aromatic N) is 2. The Morgan fingerprint density at radius 2 is 1.15 bits per heavy atom.